The number of amides is 3. The fourth-order valence-corrected chi connectivity index (χ4v) is 2.36. The zero-order valence-electron chi connectivity index (χ0n) is 12.3. The Morgan fingerprint density at radius 1 is 1.18 bits per heavy atom. The molecule has 1 aromatic rings. The Morgan fingerprint density at radius 3 is 2.41 bits per heavy atom. The fraction of sp³-hybridized carbons (Fsp3) is 0.333. The number of hydrogen-bond donors (Lipinski definition) is 1. The van der Waals surface area contributed by atoms with Crippen LogP contribution in [0.2, 0.25) is 0 Å². The third kappa shape index (κ3) is 2.69. The maximum Gasteiger partial charge on any atom is 0.323 e. The van der Waals surface area contributed by atoms with Crippen molar-refractivity contribution >= 4 is 23.7 Å². The molecule has 1 N–H and O–H groups in total. The van der Waals surface area contributed by atoms with Crippen LogP contribution in [0, 0.1) is 0 Å². The zero-order chi connectivity index (χ0) is 16.4. The number of carbonyl (C=O) groups is 4. The van der Waals surface area contributed by atoms with Crippen molar-refractivity contribution in [2.75, 3.05) is 20.1 Å². The summed E-state index contributed by atoms with van der Waals surface area (Å²) in [4.78, 5) is 49.2. The second-order valence-corrected chi connectivity index (χ2v) is 5.05. The number of hydrogen-bond acceptors (Lipinski definition) is 4. The first-order chi connectivity index (χ1) is 10.4. The van der Waals surface area contributed by atoms with Gasteiger partial charge < -0.3 is 10.0 Å². The Hall–Kier alpha value is -2.70. The SMILES string of the molecule is CCCN(CC(=O)O)C(=O)c1ccc2c(c1)C(=O)N(C)C2=O. The summed E-state index contributed by atoms with van der Waals surface area (Å²) in [5.41, 5.74) is 0.624. The van der Waals surface area contributed by atoms with Crippen molar-refractivity contribution in [2.24, 2.45) is 0 Å². The second kappa shape index (κ2) is 5.97. The van der Waals surface area contributed by atoms with Crippen LogP contribution < -0.4 is 0 Å². The molecule has 0 bridgehead atoms. The Balaban J connectivity index is 2.34. The van der Waals surface area contributed by atoms with Crippen molar-refractivity contribution in [3.05, 3.63) is 34.9 Å². The van der Waals surface area contributed by atoms with E-state index >= 15 is 0 Å². The Labute approximate surface area is 127 Å². The molecule has 0 saturated heterocycles. The number of imide groups is 1. The Kier molecular flexibility index (Phi) is 4.25. The summed E-state index contributed by atoms with van der Waals surface area (Å²) in [6, 6.07) is 4.22. The van der Waals surface area contributed by atoms with Gasteiger partial charge >= 0.3 is 5.97 Å². The number of carboxylic acid groups (broad SMARTS) is 1. The molecule has 1 aliphatic rings. The van der Waals surface area contributed by atoms with Crippen molar-refractivity contribution in [3.8, 4) is 0 Å². The summed E-state index contributed by atoms with van der Waals surface area (Å²) >= 11 is 0. The van der Waals surface area contributed by atoms with Gasteiger partial charge in [-0.3, -0.25) is 24.1 Å². The van der Waals surface area contributed by atoms with Gasteiger partial charge in [-0.15, -0.1) is 0 Å². The molecule has 7 heteroatoms. The van der Waals surface area contributed by atoms with Crippen molar-refractivity contribution in [2.45, 2.75) is 13.3 Å². The van der Waals surface area contributed by atoms with Gasteiger partial charge in [0.2, 0.25) is 0 Å². The van der Waals surface area contributed by atoms with Crippen molar-refractivity contribution in [3.63, 3.8) is 0 Å². The van der Waals surface area contributed by atoms with E-state index in [1.807, 2.05) is 6.92 Å². The minimum atomic E-state index is -1.10. The highest BCUT2D eigenvalue weighted by molar-refractivity contribution is 6.21. The summed E-state index contributed by atoms with van der Waals surface area (Å²) in [5, 5.41) is 8.87. The molecule has 0 saturated carbocycles. The van der Waals surface area contributed by atoms with Gasteiger partial charge in [0, 0.05) is 19.2 Å². The van der Waals surface area contributed by atoms with E-state index in [0.29, 0.717) is 13.0 Å². The predicted molar refractivity (Wildman–Crippen MR) is 76.7 cm³/mol. The van der Waals surface area contributed by atoms with Crippen LogP contribution >= 0.6 is 0 Å². The first-order valence-electron chi connectivity index (χ1n) is 6.84. The molecule has 0 atom stereocenters. The molecule has 0 aromatic heterocycles. The van der Waals surface area contributed by atoms with Gasteiger partial charge in [-0.05, 0) is 24.6 Å². The number of benzene rings is 1. The van der Waals surface area contributed by atoms with Gasteiger partial charge in [0.1, 0.15) is 6.54 Å². The average Bonchev–Trinajstić information content (AvgIpc) is 2.70. The number of aliphatic carboxylic acids is 1. The molecule has 0 radical (unpaired) electrons. The third-order valence-electron chi connectivity index (χ3n) is 3.44. The Bertz CT molecular complexity index is 668. The molecular formula is C15H16N2O5. The minimum Gasteiger partial charge on any atom is -0.480 e. The summed E-state index contributed by atoms with van der Waals surface area (Å²) in [7, 11) is 1.37. The third-order valence-corrected chi connectivity index (χ3v) is 3.44. The molecule has 0 spiro atoms. The molecule has 22 heavy (non-hydrogen) atoms. The highest BCUT2D eigenvalue weighted by atomic mass is 16.4. The highest BCUT2D eigenvalue weighted by Gasteiger charge is 2.33. The van der Waals surface area contributed by atoms with Gasteiger partial charge in [0.05, 0.1) is 11.1 Å². The molecule has 3 amide bonds. The van der Waals surface area contributed by atoms with E-state index in [4.69, 9.17) is 5.11 Å². The van der Waals surface area contributed by atoms with Gasteiger partial charge in [-0.1, -0.05) is 6.92 Å². The lowest BCUT2D eigenvalue weighted by Gasteiger charge is -2.20. The smallest absolute Gasteiger partial charge is 0.323 e. The zero-order valence-corrected chi connectivity index (χ0v) is 12.3. The van der Waals surface area contributed by atoms with Gasteiger partial charge in [-0.25, -0.2) is 0 Å². The lowest BCUT2D eigenvalue weighted by molar-refractivity contribution is -0.137. The topological polar surface area (TPSA) is 95.0 Å². The van der Waals surface area contributed by atoms with Gasteiger partial charge in [0.25, 0.3) is 17.7 Å². The first kappa shape index (κ1) is 15.7. The standard InChI is InChI=1S/C15H16N2O5/c1-3-6-17(8-12(18)19)13(20)9-4-5-10-11(7-9)15(22)16(2)14(10)21/h4-5,7H,3,6,8H2,1-2H3,(H,18,19). The fourth-order valence-electron chi connectivity index (χ4n) is 2.36. The molecule has 116 valence electrons. The number of carbonyl (C=O) groups excluding carboxylic acids is 3. The van der Waals surface area contributed by atoms with Crippen LogP contribution in [-0.2, 0) is 4.79 Å². The van der Waals surface area contributed by atoms with E-state index in [2.05, 4.69) is 0 Å². The van der Waals surface area contributed by atoms with E-state index in [1.54, 1.807) is 0 Å². The molecule has 1 aliphatic heterocycles. The van der Waals surface area contributed by atoms with Crippen molar-refractivity contribution < 1.29 is 24.3 Å². The van der Waals surface area contributed by atoms with E-state index in [-0.39, 0.29) is 16.7 Å². The van der Waals surface area contributed by atoms with E-state index < -0.39 is 30.2 Å². The second-order valence-electron chi connectivity index (χ2n) is 5.05. The lowest BCUT2D eigenvalue weighted by Crippen LogP contribution is -2.36. The van der Waals surface area contributed by atoms with Crippen LogP contribution in [0.25, 0.3) is 0 Å². The van der Waals surface area contributed by atoms with Crippen LogP contribution in [0.5, 0.6) is 0 Å². The lowest BCUT2D eigenvalue weighted by atomic mass is 10.0. The maximum absolute atomic E-state index is 12.4. The number of carboxylic acids is 1. The largest absolute Gasteiger partial charge is 0.480 e. The normalized spacial score (nSPS) is 13.3. The van der Waals surface area contributed by atoms with Gasteiger partial charge in [0.15, 0.2) is 0 Å². The quantitative estimate of drug-likeness (QED) is 0.814. The molecule has 2 rings (SSSR count). The van der Waals surface area contributed by atoms with Crippen molar-refractivity contribution in [1.29, 1.82) is 0 Å². The van der Waals surface area contributed by atoms with E-state index in [0.717, 1.165) is 4.90 Å². The Morgan fingerprint density at radius 2 is 1.82 bits per heavy atom. The van der Waals surface area contributed by atoms with Crippen LogP contribution in [0.15, 0.2) is 18.2 Å². The number of rotatable bonds is 5. The molecule has 0 fully saturated rings. The first-order valence-corrected chi connectivity index (χ1v) is 6.84. The summed E-state index contributed by atoms with van der Waals surface area (Å²) in [5.74, 6) is -2.44. The number of fused-ring (bicyclic) bond motifs is 1. The average molecular weight is 304 g/mol. The summed E-state index contributed by atoms with van der Waals surface area (Å²) in [6.45, 7) is 1.73. The molecule has 1 heterocycles. The van der Waals surface area contributed by atoms with Crippen LogP contribution in [0.1, 0.15) is 44.4 Å². The van der Waals surface area contributed by atoms with Crippen molar-refractivity contribution in [1.82, 2.24) is 9.80 Å². The monoisotopic (exact) mass is 304 g/mol. The molecule has 7 nitrogen and oxygen atoms in total. The highest BCUT2D eigenvalue weighted by Crippen LogP contribution is 2.23. The predicted octanol–water partition coefficient (Wildman–Crippen LogP) is 0.849. The van der Waals surface area contributed by atoms with Crippen LogP contribution in [0.3, 0.4) is 0 Å². The maximum atomic E-state index is 12.4. The van der Waals surface area contributed by atoms with Gasteiger partial charge in [-0.2, -0.15) is 0 Å². The van der Waals surface area contributed by atoms with E-state index in [1.165, 1.54) is 30.1 Å². The molecular weight excluding hydrogens is 288 g/mol. The molecule has 1 aromatic carbocycles. The molecule has 0 aliphatic carbocycles. The van der Waals surface area contributed by atoms with Crippen LogP contribution in [-0.4, -0.2) is 58.7 Å². The molecule has 0 unspecified atom stereocenters. The van der Waals surface area contributed by atoms with E-state index in [9.17, 15) is 19.2 Å². The minimum absolute atomic E-state index is 0.171. The van der Waals surface area contributed by atoms with Crippen LogP contribution in [0.4, 0.5) is 0 Å². The number of nitrogens with zero attached hydrogens (tertiary/aromatic N) is 2. The summed E-state index contributed by atoms with van der Waals surface area (Å²) in [6.07, 6.45) is 0.615. The summed E-state index contributed by atoms with van der Waals surface area (Å²) < 4.78 is 0.